The van der Waals surface area contributed by atoms with Crippen LogP contribution in [-0.4, -0.2) is 33.5 Å². The van der Waals surface area contributed by atoms with E-state index in [-0.39, 0.29) is 0 Å². The molecule has 2 aromatic heterocycles. The second-order valence-corrected chi connectivity index (χ2v) is 5.25. The van der Waals surface area contributed by atoms with Crippen LogP contribution in [0.25, 0.3) is 0 Å². The summed E-state index contributed by atoms with van der Waals surface area (Å²) in [6, 6.07) is 4.40. The van der Waals surface area contributed by atoms with Gasteiger partial charge in [-0.05, 0) is 31.5 Å². The molecule has 3 heterocycles. The minimum atomic E-state index is 0.336. The van der Waals surface area contributed by atoms with E-state index in [2.05, 4.69) is 21.3 Å². The molecule has 1 aliphatic heterocycles. The van der Waals surface area contributed by atoms with Gasteiger partial charge in [-0.2, -0.15) is 0 Å². The molecule has 0 aliphatic carbocycles. The molecule has 20 heavy (non-hydrogen) atoms. The summed E-state index contributed by atoms with van der Waals surface area (Å²) in [5.41, 5.74) is 1.00. The van der Waals surface area contributed by atoms with Crippen LogP contribution in [0.4, 0.5) is 0 Å². The zero-order chi connectivity index (χ0) is 13.9. The number of aromatic nitrogens is 3. The lowest BCUT2D eigenvalue weighted by atomic mass is 10.1. The number of nitrogens with zero attached hydrogens (tertiary/aromatic N) is 4. The molecule has 1 saturated heterocycles. The zero-order valence-corrected chi connectivity index (χ0v) is 12.0. The van der Waals surface area contributed by atoms with Crippen molar-refractivity contribution in [2.75, 3.05) is 13.7 Å². The third-order valence-electron chi connectivity index (χ3n) is 3.68. The van der Waals surface area contributed by atoms with Gasteiger partial charge in [0.25, 0.3) is 0 Å². The molecule has 0 bridgehead atoms. The van der Waals surface area contributed by atoms with Gasteiger partial charge in [0.2, 0.25) is 0 Å². The molecule has 1 atom stereocenters. The van der Waals surface area contributed by atoms with Crippen LogP contribution in [0, 0.1) is 0 Å². The van der Waals surface area contributed by atoms with Crippen molar-refractivity contribution in [1.82, 2.24) is 19.9 Å². The highest BCUT2D eigenvalue weighted by atomic mass is 16.5. The maximum atomic E-state index is 5.87. The van der Waals surface area contributed by atoms with Gasteiger partial charge >= 0.3 is 0 Å². The fourth-order valence-electron chi connectivity index (χ4n) is 2.81. The van der Waals surface area contributed by atoms with Crippen molar-refractivity contribution >= 4 is 0 Å². The molecule has 0 spiro atoms. The predicted octanol–water partition coefficient (Wildman–Crippen LogP) is 1.89. The van der Waals surface area contributed by atoms with Gasteiger partial charge in [-0.3, -0.25) is 9.58 Å². The standard InChI is InChI=1S/C14H20N4O2/c1-17-8-11(15-16-17)9-18-7-3-4-13(18)14-6-5-12(20-14)10-19-2/h5-6,8,13H,3-4,7,9-10H2,1-2H3. The summed E-state index contributed by atoms with van der Waals surface area (Å²) in [5.74, 6) is 1.91. The molecule has 6 heteroatoms. The van der Waals surface area contributed by atoms with Crippen molar-refractivity contribution in [2.45, 2.75) is 32.0 Å². The van der Waals surface area contributed by atoms with Crippen molar-refractivity contribution in [2.24, 2.45) is 7.05 Å². The van der Waals surface area contributed by atoms with Crippen LogP contribution < -0.4 is 0 Å². The van der Waals surface area contributed by atoms with Crippen molar-refractivity contribution in [3.05, 3.63) is 35.5 Å². The van der Waals surface area contributed by atoms with E-state index in [1.54, 1.807) is 11.8 Å². The van der Waals surface area contributed by atoms with E-state index in [1.807, 2.05) is 19.3 Å². The zero-order valence-electron chi connectivity index (χ0n) is 12.0. The quantitative estimate of drug-likeness (QED) is 0.834. The highest BCUT2D eigenvalue weighted by Gasteiger charge is 2.29. The lowest BCUT2D eigenvalue weighted by molar-refractivity contribution is 0.155. The van der Waals surface area contributed by atoms with Crippen LogP contribution in [0.3, 0.4) is 0 Å². The van der Waals surface area contributed by atoms with Crippen LogP contribution in [0.15, 0.2) is 22.7 Å². The summed E-state index contributed by atoms with van der Waals surface area (Å²) in [7, 11) is 3.57. The summed E-state index contributed by atoms with van der Waals surface area (Å²) >= 11 is 0. The highest BCUT2D eigenvalue weighted by molar-refractivity contribution is 5.12. The smallest absolute Gasteiger partial charge is 0.129 e. The molecule has 1 unspecified atom stereocenters. The summed E-state index contributed by atoms with van der Waals surface area (Å²) in [4.78, 5) is 2.40. The molecular weight excluding hydrogens is 256 g/mol. The Balaban J connectivity index is 1.71. The van der Waals surface area contributed by atoms with E-state index >= 15 is 0 Å². The van der Waals surface area contributed by atoms with Gasteiger partial charge in [0.15, 0.2) is 0 Å². The molecule has 2 aromatic rings. The van der Waals surface area contributed by atoms with E-state index in [1.165, 1.54) is 6.42 Å². The van der Waals surface area contributed by atoms with E-state index in [0.717, 1.165) is 36.7 Å². The Hall–Kier alpha value is -1.66. The first-order valence-electron chi connectivity index (χ1n) is 6.93. The molecule has 1 aliphatic rings. The maximum Gasteiger partial charge on any atom is 0.129 e. The number of aryl methyl sites for hydroxylation is 1. The van der Waals surface area contributed by atoms with Gasteiger partial charge in [-0.15, -0.1) is 5.10 Å². The molecule has 0 saturated carbocycles. The van der Waals surface area contributed by atoms with Crippen LogP contribution in [0.2, 0.25) is 0 Å². The van der Waals surface area contributed by atoms with E-state index in [9.17, 15) is 0 Å². The van der Waals surface area contributed by atoms with E-state index in [0.29, 0.717) is 12.6 Å². The first kappa shape index (κ1) is 13.3. The summed E-state index contributed by atoms with van der Waals surface area (Å²) in [6.07, 6.45) is 4.28. The normalized spacial score (nSPS) is 19.8. The lowest BCUT2D eigenvalue weighted by Crippen LogP contribution is -2.22. The van der Waals surface area contributed by atoms with Gasteiger partial charge in [0, 0.05) is 26.9 Å². The Bertz CT molecular complexity index is 563. The van der Waals surface area contributed by atoms with Crippen LogP contribution >= 0.6 is 0 Å². The number of furan rings is 1. The first-order valence-corrected chi connectivity index (χ1v) is 6.93. The largest absolute Gasteiger partial charge is 0.462 e. The lowest BCUT2D eigenvalue weighted by Gasteiger charge is -2.21. The number of hydrogen-bond acceptors (Lipinski definition) is 5. The average molecular weight is 276 g/mol. The molecule has 1 fully saturated rings. The predicted molar refractivity (Wildman–Crippen MR) is 72.8 cm³/mol. The Labute approximate surface area is 118 Å². The summed E-state index contributed by atoms with van der Waals surface area (Å²) in [5, 5.41) is 8.15. The van der Waals surface area contributed by atoms with Crippen molar-refractivity contribution < 1.29 is 9.15 Å². The maximum absolute atomic E-state index is 5.87. The monoisotopic (exact) mass is 276 g/mol. The van der Waals surface area contributed by atoms with E-state index < -0.39 is 0 Å². The van der Waals surface area contributed by atoms with Crippen molar-refractivity contribution in [3.8, 4) is 0 Å². The molecular formula is C14H20N4O2. The Morgan fingerprint density at radius 2 is 2.35 bits per heavy atom. The molecule has 0 aromatic carbocycles. The Morgan fingerprint density at radius 3 is 3.10 bits per heavy atom. The molecule has 6 nitrogen and oxygen atoms in total. The van der Waals surface area contributed by atoms with Gasteiger partial charge < -0.3 is 9.15 Å². The highest BCUT2D eigenvalue weighted by Crippen LogP contribution is 2.33. The third-order valence-corrected chi connectivity index (χ3v) is 3.68. The topological polar surface area (TPSA) is 56.3 Å². The number of rotatable bonds is 5. The van der Waals surface area contributed by atoms with Crippen LogP contribution in [0.5, 0.6) is 0 Å². The number of ether oxygens (including phenoxy) is 1. The summed E-state index contributed by atoms with van der Waals surface area (Å²) < 4.78 is 12.7. The second kappa shape index (κ2) is 5.76. The average Bonchev–Trinajstić information content (AvgIpc) is 3.12. The fraction of sp³-hybridized carbons (Fsp3) is 0.571. The van der Waals surface area contributed by atoms with E-state index in [4.69, 9.17) is 9.15 Å². The molecule has 0 amide bonds. The molecule has 0 radical (unpaired) electrons. The molecule has 108 valence electrons. The summed E-state index contributed by atoms with van der Waals surface area (Å²) in [6.45, 7) is 2.41. The minimum Gasteiger partial charge on any atom is -0.462 e. The molecule has 3 rings (SSSR count). The van der Waals surface area contributed by atoms with Gasteiger partial charge in [-0.1, -0.05) is 5.21 Å². The SMILES string of the molecule is COCc1ccc(C2CCCN2Cc2cn(C)nn2)o1. The van der Waals surface area contributed by atoms with Crippen molar-refractivity contribution in [1.29, 1.82) is 0 Å². The van der Waals surface area contributed by atoms with Gasteiger partial charge in [0.1, 0.15) is 18.1 Å². The van der Waals surface area contributed by atoms with Gasteiger partial charge in [0.05, 0.1) is 11.7 Å². The van der Waals surface area contributed by atoms with Crippen LogP contribution in [0.1, 0.15) is 36.1 Å². The fourth-order valence-corrected chi connectivity index (χ4v) is 2.81. The minimum absolute atomic E-state index is 0.336. The Morgan fingerprint density at radius 1 is 1.45 bits per heavy atom. The van der Waals surface area contributed by atoms with Gasteiger partial charge in [-0.25, -0.2) is 0 Å². The second-order valence-electron chi connectivity index (χ2n) is 5.25. The first-order chi connectivity index (χ1) is 9.76. The van der Waals surface area contributed by atoms with Crippen LogP contribution in [-0.2, 0) is 24.9 Å². The Kier molecular flexibility index (Phi) is 3.84. The number of hydrogen-bond donors (Lipinski definition) is 0. The third kappa shape index (κ3) is 2.76. The molecule has 0 N–H and O–H groups in total. The van der Waals surface area contributed by atoms with Crippen molar-refractivity contribution in [3.63, 3.8) is 0 Å². The number of likely N-dealkylation sites (tertiary alicyclic amines) is 1. The number of methoxy groups -OCH3 is 1.